The molecule has 0 aromatic rings. The zero-order valence-corrected chi connectivity index (χ0v) is 6.93. The van der Waals surface area contributed by atoms with Crippen molar-refractivity contribution in [1.82, 2.24) is 0 Å². The predicted octanol–water partition coefficient (Wildman–Crippen LogP) is 1.63. The summed E-state index contributed by atoms with van der Waals surface area (Å²) < 4.78 is 0. The van der Waals surface area contributed by atoms with Crippen molar-refractivity contribution in [3.05, 3.63) is 0 Å². The Morgan fingerprint density at radius 3 is 2.30 bits per heavy atom. The molecule has 0 amide bonds. The van der Waals surface area contributed by atoms with Gasteiger partial charge in [-0.3, -0.25) is 0 Å². The Bertz CT molecular complexity index is 147. The van der Waals surface area contributed by atoms with Crippen LogP contribution in [0, 0.1) is 23.2 Å². The molecule has 0 bridgehead atoms. The summed E-state index contributed by atoms with van der Waals surface area (Å²) in [4.78, 5) is 0. The molecular weight excluding hydrogens is 122 g/mol. The van der Waals surface area contributed by atoms with Gasteiger partial charge in [-0.25, -0.2) is 0 Å². The monoisotopic (exact) mass is 139 g/mol. The predicted molar refractivity (Wildman–Crippen MR) is 42.5 cm³/mol. The standard InChI is InChI=1S/C9H17N/c1-9(2)7(5-10)8(9)6-3-4-6/h6-8H,3-5,10H2,1-2H3/t7-,8-/m1/s1. The molecule has 0 spiro atoms. The van der Waals surface area contributed by atoms with E-state index < -0.39 is 0 Å². The van der Waals surface area contributed by atoms with Crippen LogP contribution in [0.2, 0.25) is 0 Å². The van der Waals surface area contributed by atoms with Gasteiger partial charge < -0.3 is 5.73 Å². The van der Waals surface area contributed by atoms with E-state index in [4.69, 9.17) is 5.73 Å². The summed E-state index contributed by atoms with van der Waals surface area (Å²) in [7, 11) is 0. The quantitative estimate of drug-likeness (QED) is 0.618. The first-order valence-corrected chi connectivity index (χ1v) is 4.38. The maximum absolute atomic E-state index is 5.67. The van der Waals surface area contributed by atoms with Gasteiger partial charge in [0.25, 0.3) is 0 Å². The van der Waals surface area contributed by atoms with Gasteiger partial charge in [0, 0.05) is 0 Å². The van der Waals surface area contributed by atoms with E-state index in [0.717, 1.165) is 24.3 Å². The number of rotatable bonds is 2. The first-order valence-electron chi connectivity index (χ1n) is 4.38. The van der Waals surface area contributed by atoms with E-state index >= 15 is 0 Å². The Morgan fingerprint density at radius 2 is 2.00 bits per heavy atom. The third kappa shape index (κ3) is 0.731. The van der Waals surface area contributed by atoms with Gasteiger partial charge in [0.05, 0.1) is 0 Å². The first-order chi connectivity index (χ1) is 4.68. The molecule has 0 radical (unpaired) electrons. The lowest BCUT2D eigenvalue weighted by atomic mass is 10.1. The van der Waals surface area contributed by atoms with Gasteiger partial charge in [-0.1, -0.05) is 13.8 Å². The number of hydrogen-bond donors (Lipinski definition) is 1. The van der Waals surface area contributed by atoms with Crippen LogP contribution in [0.1, 0.15) is 26.7 Å². The molecule has 2 aliphatic carbocycles. The van der Waals surface area contributed by atoms with Crippen LogP contribution < -0.4 is 5.73 Å². The third-order valence-corrected chi connectivity index (χ3v) is 3.52. The molecule has 58 valence electrons. The van der Waals surface area contributed by atoms with Crippen LogP contribution in [-0.4, -0.2) is 6.54 Å². The van der Waals surface area contributed by atoms with Crippen LogP contribution in [0.15, 0.2) is 0 Å². The van der Waals surface area contributed by atoms with E-state index in [0.29, 0.717) is 5.41 Å². The van der Waals surface area contributed by atoms with Gasteiger partial charge in [-0.15, -0.1) is 0 Å². The highest BCUT2D eigenvalue weighted by molar-refractivity contribution is 5.10. The van der Waals surface area contributed by atoms with Crippen molar-refractivity contribution in [3.8, 4) is 0 Å². The average molecular weight is 139 g/mol. The second-order valence-corrected chi connectivity index (χ2v) is 4.53. The van der Waals surface area contributed by atoms with Crippen LogP contribution in [0.4, 0.5) is 0 Å². The van der Waals surface area contributed by atoms with Crippen molar-refractivity contribution in [2.45, 2.75) is 26.7 Å². The van der Waals surface area contributed by atoms with Gasteiger partial charge >= 0.3 is 0 Å². The van der Waals surface area contributed by atoms with Gasteiger partial charge in [0.15, 0.2) is 0 Å². The molecule has 0 heterocycles. The summed E-state index contributed by atoms with van der Waals surface area (Å²) >= 11 is 0. The molecule has 10 heavy (non-hydrogen) atoms. The minimum atomic E-state index is 0.593. The van der Waals surface area contributed by atoms with Crippen LogP contribution in [-0.2, 0) is 0 Å². The molecule has 0 unspecified atom stereocenters. The van der Waals surface area contributed by atoms with Gasteiger partial charge in [0.1, 0.15) is 0 Å². The average Bonchev–Trinajstić information content (AvgIpc) is 2.65. The van der Waals surface area contributed by atoms with Gasteiger partial charge in [0.2, 0.25) is 0 Å². The third-order valence-electron chi connectivity index (χ3n) is 3.52. The SMILES string of the molecule is CC1(C)[C@H](CN)[C@H]1C1CC1. The van der Waals surface area contributed by atoms with Crippen LogP contribution in [0.25, 0.3) is 0 Å². The molecule has 2 saturated carbocycles. The van der Waals surface area contributed by atoms with E-state index in [1.165, 1.54) is 12.8 Å². The maximum Gasteiger partial charge on any atom is -0.00407 e. The van der Waals surface area contributed by atoms with Gasteiger partial charge in [-0.05, 0) is 42.6 Å². The summed E-state index contributed by atoms with van der Waals surface area (Å²) in [6.07, 6.45) is 2.95. The van der Waals surface area contributed by atoms with E-state index in [1.54, 1.807) is 0 Å². The Hall–Kier alpha value is -0.0400. The van der Waals surface area contributed by atoms with Crippen LogP contribution in [0.5, 0.6) is 0 Å². The summed E-state index contributed by atoms with van der Waals surface area (Å²) in [5.74, 6) is 2.89. The van der Waals surface area contributed by atoms with Crippen molar-refractivity contribution in [2.75, 3.05) is 6.54 Å². The molecule has 0 aliphatic heterocycles. The molecule has 2 aliphatic rings. The Balaban J connectivity index is 2.00. The lowest BCUT2D eigenvalue weighted by Gasteiger charge is -1.98. The highest BCUT2D eigenvalue weighted by Crippen LogP contribution is 2.66. The molecule has 0 aromatic carbocycles. The van der Waals surface area contributed by atoms with Crippen molar-refractivity contribution in [1.29, 1.82) is 0 Å². The Morgan fingerprint density at radius 1 is 1.40 bits per heavy atom. The smallest absolute Gasteiger partial charge is 0.00407 e. The van der Waals surface area contributed by atoms with E-state index in [2.05, 4.69) is 13.8 Å². The molecule has 0 aromatic heterocycles. The molecule has 2 fully saturated rings. The lowest BCUT2D eigenvalue weighted by molar-refractivity contribution is 0.512. The number of nitrogens with two attached hydrogens (primary N) is 1. The maximum atomic E-state index is 5.67. The fourth-order valence-electron chi connectivity index (χ4n) is 2.63. The summed E-state index contributed by atoms with van der Waals surface area (Å²) in [6, 6.07) is 0. The normalized spacial score (nSPS) is 43.5. The second-order valence-electron chi connectivity index (χ2n) is 4.53. The Labute approximate surface area is 63.0 Å². The van der Waals surface area contributed by atoms with Crippen molar-refractivity contribution in [2.24, 2.45) is 28.9 Å². The summed E-state index contributed by atoms with van der Waals surface area (Å²) in [6.45, 7) is 5.65. The molecule has 0 saturated heterocycles. The highest BCUT2D eigenvalue weighted by atomic mass is 14.7. The minimum Gasteiger partial charge on any atom is -0.330 e. The van der Waals surface area contributed by atoms with E-state index in [1.807, 2.05) is 0 Å². The van der Waals surface area contributed by atoms with E-state index in [-0.39, 0.29) is 0 Å². The summed E-state index contributed by atoms with van der Waals surface area (Å²) in [5, 5.41) is 0. The summed E-state index contributed by atoms with van der Waals surface area (Å²) in [5.41, 5.74) is 6.26. The Kier molecular flexibility index (Phi) is 1.17. The van der Waals surface area contributed by atoms with Crippen LogP contribution >= 0.6 is 0 Å². The molecule has 2 rings (SSSR count). The molecule has 2 atom stereocenters. The second kappa shape index (κ2) is 1.76. The van der Waals surface area contributed by atoms with Crippen molar-refractivity contribution in [3.63, 3.8) is 0 Å². The fourth-order valence-corrected chi connectivity index (χ4v) is 2.63. The van der Waals surface area contributed by atoms with Crippen LogP contribution in [0.3, 0.4) is 0 Å². The number of hydrogen-bond acceptors (Lipinski definition) is 1. The lowest BCUT2D eigenvalue weighted by Crippen LogP contribution is -2.05. The topological polar surface area (TPSA) is 26.0 Å². The molecule has 2 N–H and O–H groups in total. The van der Waals surface area contributed by atoms with Gasteiger partial charge in [-0.2, -0.15) is 0 Å². The van der Waals surface area contributed by atoms with Crippen molar-refractivity contribution < 1.29 is 0 Å². The van der Waals surface area contributed by atoms with E-state index in [9.17, 15) is 0 Å². The minimum absolute atomic E-state index is 0.593. The zero-order valence-electron chi connectivity index (χ0n) is 6.93. The molecule has 1 heteroatoms. The first kappa shape index (κ1) is 6.66. The molecule has 1 nitrogen and oxygen atoms in total. The highest BCUT2D eigenvalue weighted by Gasteiger charge is 2.61. The van der Waals surface area contributed by atoms with Crippen molar-refractivity contribution >= 4 is 0 Å². The molecular formula is C9H17N. The fraction of sp³-hybridized carbons (Fsp3) is 1.00. The zero-order chi connectivity index (χ0) is 7.35. The largest absolute Gasteiger partial charge is 0.330 e.